The van der Waals surface area contributed by atoms with Gasteiger partial charge in [-0.05, 0) is 38.1 Å². The molecule has 4 N–H and O–H groups in total. The van der Waals surface area contributed by atoms with Gasteiger partial charge in [-0.2, -0.15) is 0 Å². The topological polar surface area (TPSA) is 117 Å². The predicted octanol–water partition coefficient (Wildman–Crippen LogP) is -0.544. The monoisotopic (exact) mass is 371 g/mol. The number of amides is 1. The lowest BCUT2D eigenvalue weighted by Crippen LogP contribution is -2.44. The van der Waals surface area contributed by atoms with Crippen molar-refractivity contribution in [1.29, 1.82) is 0 Å². The van der Waals surface area contributed by atoms with Gasteiger partial charge in [0, 0.05) is 31.8 Å². The van der Waals surface area contributed by atoms with Crippen molar-refractivity contribution in [1.82, 2.24) is 15.4 Å². The molecule has 1 saturated heterocycles. The Morgan fingerprint density at radius 3 is 2.92 bits per heavy atom. The molecular formula is C16H25N3O5S. The number of sulfonamides is 1. The summed E-state index contributed by atoms with van der Waals surface area (Å²) in [6.45, 7) is 4.09. The van der Waals surface area contributed by atoms with Crippen molar-refractivity contribution in [2.75, 3.05) is 39.4 Å². The Hall–Kier alpha value is -1.52. The van der Waals surface area contributed by atoms with E-state index in [1.807, 2.05) is 6.92 Å². The van der Waals surface area contributed by atoms with Crippen molar-refractivity contribution in [3.05, 3.63) is 29.8 Å². The van der Waals surface area contributed by atoms with Gasteiger partial charge in [-0.3, -0.25) is 4.79 Å². The maximum atomic E-state index is 12.4. The van der Waals surface area contributed by atoms with Crippen LogP contribution in [0.1, 0.15) is 23.7 Å². The second-order valence-corrected chi connectivity index (χ2v) is 7.72. The lowest BCUT2D eigenvalue weighted by Gasteiger charge is -2.21. The maximum absolute atomic E-state index is 12.4. The summed E-state index contributed by atoms with van der Waals surface area (Å²) in [5.41, 5.74) is -0.831. The fraction of sp³-hybridized carbons (Fsp3) is 0.562. The van der Waals surface area contributed by atoms with Crippen LogP contribution in [0.3, 0.4) is 0 Å². The van der Waals surface area contributed by atoms with Crippen LogP contribution < -0.4 is 15.4 Å². The third kappa shape index (κ3) is 5.75. The standard InChI is InChI=1S/C16H25N3O5S/c1-2-24-9-8-18-15(20)13-4-3-5-14(10-13)25(22,23)19-12-16(21)6-7-17-11-16/h3-5,10,17,19,21H,2,6-9,11-12H2,1H3,(H,18,20). The summed E-state index contributed by atoms with van der Waals surface area (Å²) in [7, 11) is -3.81. The number of nitrogens with one attached hydrogen (secondary N) is 3. The van der Waals surface area contributed by atoms with Gasteiger partial charge in [-0.1, -0.05) is 6.07 Å². The predicted molar refractivity (Wildman–Crippen MR) is 92.9 cm³/mol. The number of β-amino-alcohol motifs (C(OH)–C–C–N with tert-alkyl or cyclic N) is 1. The molecule has 1 unspecified atom stereocenters. The lowest BCUT2D eigenvalue weighted by molar-refractivity contribution is 0.0667. The number of hydrogen-bond acceptors (Lipinski definition) is 6. The van der Waals surface area contributed by atoms with Gasteiger partial charge in [0.2, 0.25) is 10.0 Å². The third-order valence-corrected chi connectivity index (χ3v) is 5.35. The zero-order valence-electron chi connectivity index (χ0n) is 14.2. The quantitative estimate of drug-likeness (QED) is 0.433. The van der Waals surface area contributed by atoms with Crippen molar-refractivity contribution < 1.29 is 23.1 Å². The van der Waals surface area contributed by atoms with E-state index in [1.165, 1.54) is 18.2 Å². The molecule has 0 aromatic heterocycles. The second-order valence-electron chi connectivity index (χ2n) is 5.96. The molecule has 1 heterocycles. The number of ether oxygens (including phenoxy) is 1. The van der Waals surface area contributed by atoms with Crippen molar-refractivity contribution in [2.24, 2.45) is 0 Å². The first-order valence-electron chi connectivity index (χ1n) is 8.25. The Labute approximate surface area is 148 Å². The van der Waals surface area contributed by atoms with Crippen LogP contribution in [0.4, 0.5) is 0 Å². The molecule has 0 bridgehead atoms. The van der Waals surface area contributed by atoms with E-state index in [2.05, 4.69) is 15.4 Å². The first-order valence-corrected chi connectivity index (χ1v) is 9.73. The van der Waals surface area contributed by atoms with E-state index in [0.717, 1.165) is 0 Å². The molecule has 1 aliphatic rings. The third-order valence-electron chi connectivity index (χ3n) is 3.96. The number of carbonyl (C=O) groups is 1. The molecule has 0 saturated carbocycles. The van der Waals surface area contributed by atoms with Gasteiger partial charge < -0.3 is 20.5 Å². The van der Waals surface area contributed by atoms with Crippen LogP contribution in [0.5, 0.6) is 0 Å². The normalized spacial score (nSPS) is 20.6. The zero-order valence-corrected chi connectivity index (χ0v) is 15.1. The van der Waals surface area contributed by atoms with Gasteiger partial charge in [-0.15, -0.1) is 0 Å². The van der Waals surface area contributed by atoms with E-state index in [0.29, 0.717) is 39.3 Å². The Kier molecular flexibility index (Phi) is 6.91. The summed E-state index contributed by atoms with van der Waals surface area (Å²) in [6.07, 6.45) is 0.484. The second kappa shape index (κ2) is 8.72. The van der Waals surface area contributed by atoms with Crippen LogP contribution in [0.2, 0.25) is 0 Å². The van der Waals surface area contributed by atoms with Gasteiger partial charge in [0.05, 0.1) is 17.1 Å². The first kappa shape index (κ1) is 19.8. The van der Waals surface area contributed by atoms with E-state index < -0.39 is 15.6 Å². The summed E-state index contributed by atoms with van der Waals surface area (Å²) in [4.78, 5) is 12.1. The highest BCUT2D eigenvalue weighted by molar-refractivity contribution is 7.89. The van der Waals surface area contributed by atoms with Crippen LogP contribution >= 0.6 is 0 Å². The van der Waals surface area contributed by atoms with Crippen LogP contribution in [-0.4, -0.2) is 64.4 Å². The van der Waals surface area contributed by atoms with Crippen LogP contribution in [-0.2, 0) is 14.8 Å². The lowest BCUT2D eigenvalue weighted by atomic mass is 10.1. The summed E-state index contributed by atoms with van der Waals surface area (Å²) < 4.78 is 32.4. The van der Waals surface area contributed by atoms with E-state index in [4.69, 9.17) is 4.74 Å². The highest BCUT2D eigenvalue weighted by atomic mass is 32.2. The molecule has 0 radical (unpaired) electrons. The van der Waals surface area contributed by atoms with E-state index >= 15 is 0 Å². The minimum Gasteiger partial charge on any atom is -0.387 e. The summed E-state index contributed by atoms with van der Waals surface area (Å²) in [6, 6.07) is 5.78. The summed E-state index contributed by atoms with van der Waals surface area (Å²) in [5, 5.41) is 15.9. The van der Waals surface area contributed by atoms with Gasteiger partial charge in [-0.25, -0.2) is 13.1 Å². The van der Waals surface area contributed by atoms with Crippen molar-refractivity contribution in [3.8, 4) is 0 Å². The molecule has 8 nitrogen and oxygen atoms in total. The molecular weight excluding hydrogens is 346 g/mol. The van der Waals surface area contributed by atoms with E-state index in [-0.39, 0.29) is 22.9 Å². The largest absolute Gasteiger partial charge is 0.387 e. The number of aliphatic hydroxyl groups is 1. The highest BCUT2D eigenvalue weighted by Gasteiger charge is 2.32. The average Bonchev–Trinajstić information content (AvgIpc) is 3.04. The molecule has 140 valence electrons. The fourth-order valence-corrected chi connectivity index (χ4v) is 3.65. The van der Waals surface area contributed by atoms with Crippen LogP contribution in [0.15, 0.2) is 29.2 Å². The van der Waals surface area contributed by atoms with E-state index in [9.17, 15) is 18.3 Å². The molecule has 0 aliphatic carbocycles. The molecule has 0 spiro atoms. The maximum Gasteiger partial charge on any atom is 0.251 e. The fourth-order valence-electron chi connectivity index (χ4n) is 2.48. The van der Waals surface area contributed by atoms with Crippen molar-refractivity contribution in [3.63, 3.8) is 0 Å². The van der Waals surface area contributed by atoms with Crippen LogP contribution in [0, 0.1) is 0 Å². The minimum atomic E-state index is -3.81. The molecule has 1 aliphatic heterocycles. The van der Waals surface area contributed by atoms with Gasteiger partial charge in [0.25, 0.3) is 5.91 Å². The molecule has 2 rings (SSSR count). The average molecular weight is 371 g/mol. The van der Waals surface area contributed by atoms with Crippen LogP contribution in [0.25, 0.3) is 0 Å². The summed E-state index contributed by atoms with van der Waals surface area (Å²) in [5.74, 6) is -0.365. The highest BCUT2D eigenvalue weighted by Crippen LogP contribution is 2.16. The summed E-state index contributed by atoms with van der Waals surface area (Å²) >= 11 is 0. The number of rotatable bonds is 9. The molecule has 1 aromatic carbocycles. The molecule has 1 atom stereocenters. The Balaban J connectivity index is 1.99. The number of benzene rings is 1. The number of hydrogen-bond donors (Lipinski definition) is 4. The smallest absolute Gasteiger partial charge is 0.251 e. The molecule has 1 aromatic rings. The Morgan fingerprint density at radius 1 is 1.44 bits per heavy atom. The van der Waals surface area contributed by atoms with Gasteiger partial charge >= 0.3 is 0 Å². The Bertz CT molecular complexity index is 687. The first-order chi connectivity index (χ1) is 11.9. The molecule has 1 amide bonds. The Morgan fingerprint density at radius 2 is 2.24 bits per heavy atom. The molecule has 1 fully saturated rings. The SMILES string of the molecule is CCOCCNC(=O)c1cccc(S(=O)(=O)NCC2(O)CCNC2)c1. The van der Waals surface area contributed by atoms with Crippen molar-refractivity contribution >= 4 is 15.9 Å². The van der Waals surface area contributed by atoms with Crippen molar-refractivity contribution in [2.45, 2.75) is 23.8 Å². The van der Waals surface area contributed by atoms with Gasteiger partial charge in [0.15, 0.2) is 0 Å². The van der Waals surface area contributed by atoms with E-state index in [1.54, 1.807) is 6.07 Å². The zero-order chi connectivity index (χ0) is 18.3. The number of carbonyl (C=O) groups excluding carboxylic acids is 1. The molecule has 9 heteroatoms. The van der Waals surface area contributed by atoms with Gasteiger partial charge in [0.1, 0.15) is 0 Å². The minimum absolute atomic E-state index is 0.0143. The molecule has 25 heavy (non-hydrogen) atoms.